The molecule has 0 fully saturated rings. The molecule has 0 heterocycles. The average molecular weight is 262 g/mol. The van der Waals surface area contributed by atoms with Gasteiger partial charge in [0.2, 0.25) is 5.91 Å². The number of nitrogens with zero attached hydrogens (tertiary/aromatic N) is 1. The molecular formula is C16H26N2O. The van der Waals surface area contributed by atoms with E-state index in [4.69, 9.17) is 5.73 Å². The minimum absolute atomic E-state index is 0.0527. The highest BCUT2D eigenvalue weighted by molar-refractivity contribution is 5.81. The van der Waals surface area contributed by atoms with E-state index in [1.54, 1.807) is 4.90 Å². The zero-order valence-electron chi connectivity index (χ0n) is 12.3. The van der Waals surface area contributed by atoms with E-state index in [9.17, 15) is 4.79 Å². The first-order valence-electron chi connectivity index (χ1n) is 7.12. The Hall–Kier alpha value is -1.35. The van der Waals surface area contributed by atoms with Crippen LogP contribution >= 0.6 is 0 Å². The summed E-state index contributed by atoms with van der Waals surface area (Å²) in [6, 6.07) is 10.0. The second-order valence-corrected chi connectivity index (χ2v) is 5.22. The first-order chi connectivity index (χ1) is 9.06. The van der Waals surface area contributed by atoms with Crippen molar-refractivity contribution < 1.29 is 4.79 Å². The molecule has 1 aromatic carbocycles. The van der Waals surface area contributed by atoms with Crippen LogP contribution in [0.2, 0.25) is 0 Å². The molecule has 1 aromatic rings. The second kappa shape index (κ2) is 7.95. The number of benzene rings is 1. The van der Waals surface area contributed by atoms with Gasteiger partial charge in [0.05, 0.1) is 6.04 Å². The van der Waals surface area contributed by atoms with E-state index in [2.05, 4.69) is 26.0 Å². The van der Waals surface area contributed by atoms with Crippen LogP contribution in [0.4, 0.5) is 0 Å². The van der Waals surface area contributed by atoms with Crippen LogP contribution in [0.1, 0.15) is 38.7 Å². The predicted molar refractivity (Wildman–Crippen MR) is 79.9 cm³/mol. The zero-order chi connectivity index (χ0) is 14.3. The van der Waals surface area contributed by atoms with E-state index >= 15 is 0 Å². The van der Waals surface area contributed by atoms with Crippen LogP contribution in [0, 0.1) is 0 Å². The first kappa shape index (κ1) is 15.7. The highest BCUT2D eigenvalue weighted by atomic mass is 16.2. The topological polar surface area (TPSA) is 46.3 Å². The molecular weight excluding hydrogens is 236 g/mol. The quantitative estimate of drug-likeness (QED) is 0.821. The summed E-state index contributed by atoms with van der Waals surface area (Å²) >= 11 is 0. The lowest BCUT2D eigenvalue weighted by molar-refractivity contribution is -0.133. The van der Waals surface area contributed by atoms with Crippen molar-refractivity contribution in [2.75, 3.05) is 7.05 Å². The van der Waals surface area contributed by atoms with Crippen LogP contribution in [0.5, 0.6) is 0 Å². The number of hydrogen-bond donors (Lipinski definition) is 1. The molecule has 2 atom stereocenters. The van der Waals surface area contributed by atoms with Crippen LogP contribution in [0.25, 0.3) is 0 Å². The van der Waals surface area contributed by atoms with Crippen LogP contribution in [-0.2, 0) is 11.2 Å². The summed E-state index contributed by atoms with van der Waals surface area (Å²) in [6.45, 7) is 4.20. The molecule has 0 aliphatic heterocycles. The summed E-state index contributed by atoms with van der Waals surface area (Å²) in [4.78, 5) is 14.0. The maximum atomic E-state index is 12.2. The Labute approximate surface area is 116 Å². The molecule has 2 N–H and O–H groups in total. The van der Waals surface area contributed by atoms with Gasteiger partial charge in [0.15, 0.2) is 0 Å². The Morgan fingerprint density at radius 3 is 2.47 bits per heavy atom. The molecule has 0 saturated heterocycles. The van der Waals surface area contributed by atoms with Crippen molar-refractivity contribution in [3.63, 3.8) is 0 Å². The number of carbonyl (C=O) groups is 1. The molecule has 1 rings (SSSR count). The third kappa shape index (κ3) is 5.03. The fourth-order valence-corrected chi connectivity index (χ4v) is 2.18. The molecule has 0 aromatic heterocycles. The van der Waals surface area contributed by atoms with Gasteiger partial charge in [0.25, 0.3) is 0 Å². The number of amides is 1. The number of likely N-dealkylation sites (N-methyl/N-ethyl adjacent to an activating group) is 1. The summed E-state index contributed by atoms with van der Waals surface area (Å²) in [5.74, 6) is 0.0527. The summed E-state index contributed by atoms with van der Waals surface area (Å²) in [5, 5.41) is 0. The molecule has 0 spiro atoms. The van der Waals surface area contributed by atoms with Gasteiger partial charge in [-0.3, -0.25) is 4.79 Å². The van der Waals surface area contributed by atoms with Crippen molar-refractivity contribution in [2.24, 2.45) is 5.73 Å². The van der Waals surface area contributed by atoms with E-state index < -0.39 is 6.04 Å². The molecule has 19 heavy (non-hydrogen) atoms. The zero-order valence-corrected chi connectivity index (χ0v) is 12.3. The molecule has 0 aliphatic rings. The highest BCUT2D eigenvalue weighted by Crippen LogP contribution is 2.09. The lowest BCUT2D eigenvalue weighted by Gasteiger charge is -2.27. The van der Waals surface area contributed by atoms with E-state index in [0.717, 1.165) is 19.3 Å². The minimum Gasteiger partial charge on any atom is -0.342 e. The number of carbonyl (C=O) groups excluding carboxylic acids is 1. The SMILES string of the molecule is CCCC(C)N(C)C(=O)C(N)CCc1ccccc1. The molecule has 3 nitrogen and oxygen atoms in total. The molecule has 0 saturated carbocycles. The normalized spacial score (nSPS) is 13.9. The Morgan fingerprint density at radius 2 is 1.89 bits per heavy atom. The van der Waals surface area contributed by atoms with E-state index in [1.165, 1.54) is 5.56 Å². The monoisotopic (exact) mass is 262 g/mol. The molecule has 0 bridgehead atoms. The van der Waals surface area contributed by atoms with Crippen molar-refractivity contribution in [3.05, 3.63) is 35.9 Å². The Balaban J connectivity index is 2.44. The maximum absolute atomic E-state index is 12.2. The van der Waals surface area contributed by atoms with Gasteiger partial charge in [0, 0.05) is 13.1 Å². The van der Waals surface area contributed by atoms with Crippen LogP contribution < -0.4 is 5.73 Å². The van der Waals surface area contributed by atoms with Crippen molar-refractivity contribution >= 4 is 5.91 Å². The van der Waals surface area contributed by atoms with Crippen LogP contribution in [-0.4, -0.2) is 29.9 Å². The average Bonchev–Trinajstić information content (AvgIpc) is 2.44. The van der Waals surface area contributed by atoms with Gasteiger partial charge >= 0.3 is 0 Å². The Bertz CT molecular complexity index is 378. The smallest absolute Gasteiger partial charge is 0.239 e. The summed E-state index contributed by atoms with van der Waals surface area (Å²) in [7, 11) is 1.85. The van der Waals surface area contributed by atoms with Gasteiger partial charge in [-0.25, -0.2) is 0 Å². The largest absolute Gasteiger partial charge is 0.342 e. The van der Waals surface area contributed by atoms with Gasteiger partial charge in [-0.1, -0.05) is 43.7 Å². The van der Waals surface area contributed by atoms with Crippen molar-refractivity contribution in [1.29, 1.82) is 0 Å². The van der Waals surface area contributed by atoms with Gasteiger partial charge in [-0.2, -0.15) is 0 Å². The summed E-state index contributed by atoms with van der Waals surface area (Å²) in [5.41, 5.74) is 7.24. The standard InChI is InChI=1S/C16H26N2O/c1-4-8-13(2)18(3)16(19)15(17)12-11-14-9-6-5-7-10-14/h5-7,9-10,13,15H,4,8,11-12,17H2,1-3H3. The van der Waals surface area contributed by atoms with Crippen molar-refractivity contribution in [2.45, 2.75) is 51.6 Å². The number of nitrogens with two attached hydrogens (primary N) is 1. The highest BCUT2D eigenvalue weighted by Gasteiger charge is 2.21. The van der Waals surface area contributed by atoms with Crippen LogP contribution in [0.3, 0.4) is 0 Å². The lowest BCUT2D eigenvalue weighted by atomic mass is 10.0. The third-order valence-electron chi connectivity index (χ3n) is 3.62. The summed E-state index contributed by atoms with van der Waals surface area (Å²) < 4.78 is 0. The number of hydrogen-bond acceptors (Lipinski definition) is 2. The fraction of sp³-hybridized carbons (Fsp3) is 0.562. The maximum Gasteiger partial charge on any atom is 0.239 e. The molecule has 0 aliphatic carbocycles. The fourth-order valence-electron chi connectivity index (χ4n) is 2.18. The van der Waals surface area contributed by atoms with E-state index in [1.807, 2.05) is 25.2 Å². The van der Waals surface area contributed by atoms with Gasteiger partial charge in [0.1, 0.15) is 0 Å². The second-order valence-electron chi connectivity index (χ2n) is 5.22. The molecule has 2 unspecified atom stereocenters. The molecule has 0 radical (unpaired) electrons. The Kier molecular flexibility index (Phi) is 6.57. The molecule has 1 amide bonds. The van der Waals surface area contributed by atoms with E-state index in [0.29, 0.717) is 6.42 Å². The van der Waals surface area contributed by atoms with Gasteiger partial charge in [-0.15, -0.1) is 0 Å². The summed E-state index contributed by atoms with van der Waals surface area (Å²) in [6.07, 6.45) is 3.65. The van der Waals surface area contributed by atoms with Crippen molar-refractivity contribution in [3.8, 4) is 0 Å². The Morgan fingerprint density at radius 1 is 1.26 bits per heavy atom. The molecule has 106 valence electrons. The van der Waals surface area contributed by atoms with E-state index in [-0.39, 0.29) is 11.9 Å². The number of rotatable bonds is 7. The minimum atomic E-state index is -0.399. The third-order valence-corrected chi connectivity index (χ3v) is 3.62. The number of aryl methyl sites for hydroxylation is 1. The van der Waals surface area contributed by atoms with Crippen LogP contribution in [0.15, 0.2) is 30.3 Å². The predicted octanol–water partition coefficient (Wildman–Crippen LogP) is 2.59. The van der Waals surface area contributed by atoms with Crippen molar-refractivity contribution in [1.82, 2.24) is 4.90 Å². The van der Waals surface area contributed by atoms with Gasteiger partial charge in [-0.05, 0) is 31.7 Å². The first-order valence-corrected chi connectivity index (χ1v) is 7.12. The lowest BCUT2D eigenvalue weighted by Crippen LogP contribution is -2.45. The molecule has 3 heteroatoms. The van der Waals surface area contributed by atoms with Gasteiger partial charge < -0.3 is 10.6 Å².